The van der Waals surface area contributed by atoms with Crippen molar-refractivity contribution in [3.8, 4) is 0 Å². The summed E-state index contributed by atoms with van der Waals surface area (Å²) >= 11 is 0. The van der Waals surface area contributed by atoms with Gasteiger partial charge in [-0.25, -0.2) is 14.8 Å². The summed E-state index contributed by atoms with van der Waals surface area (Å²) < 4.78 is 12.7. The van der Waals surface area contributed by atoms with Crippen LogP contribution in [0.15, 0.2) is 53.6 Å². The number of amides is 2. The highest BCUT2D eigenvalue weighted by Gasteiger charge is 2.48. The summed E-state index contributed by atoms with van der Waals surface area (Å²) in [5.41, 5.74) is -0.545. The maximum atomic E-state index is 13.5. The fraction of sp³-hybridized carbons (Fsp3) is 0.516. The van der Waals surface area contributed by atoms with Crippen molar-refractivity contribution in [3.05, 3.63) is 64.7 Å². The predicted molar refractivity (Wildman–Crippen MR) is 158 cm³/mol. The number of carbonyl (C=O) groups excluding carboxylic acids is 2. The number of carbonyl (C=O) groups is 2. The lowest BCUT2D eigenvalue weighted by Gasteiger charge is -2.41. The maximum Gasteiger partial charge on any atom is 0.410 e. The van der Waals surface area contributed by atoms with E-state index < -0.39 is 11.0 Å². The van der Waals surface area contributed by atoms with Crippen LogP contribution in [0.4, 0.5) is 16.4 Å². The van der Waals surface area contributed by atoms with Gasteiger partial charge in [-0.1, -0.05) is 12.1 Å². The maximum absolute atomic E-state index is 13.5. The molecule has 222 valence electrons. The minimum absolute atomic E-state index is 0.0475. The zero-order valence-electron chi connectivity index (χ0n) is 24.4. The van der Waals surface area contributed by atoms with Gasteiger partial charge in [-0.05, 0) is 76.1 Å². The van der Waals surface area contributed by atoms with Gasteiger partial charge >= 0.3 is 6.09 Å². The summed E-state index contributed by atoms with van der Waals surface area (Å²) in [6, 6.07) is 10.5. The predicted octanol–water partition coefficient (Wildman–Crippen LogP) is 3.61. The average molecular weight is 575 g/mol. The van der Waals surface area contributed by atoms with Gasteiger partial charge in [0.15, 0.2) is 0 Å². The van der Waals surface area contributed by atoms with Gasteiger partial charge in [0.1, 0.15) is 28.3 Å². The van der Waals surface area contributed by atoms with Crippen LogP contribution < -0.4 is 15.8 Å². The van der Waals surface area contributed by atoms with Crippen LogP contribution >= 0.6 is 0 Å². The average Bonchev–Trinajstić information content (AvgIpc) is 3.75. The molecule has 3 fully saturated rings. The zero-order chi connectivity index (χ0) is 29.5. The Morgan fingerprint density at radius 1 is 1.17 bits per heavy atom. The lowest BCUT2D eigenvalue weighted by molar-refractivity contribution is -0.139. The second kappa shape index (κ2) is 11.0. The monoisotopic (exact) mass is 574 g/mol. The highest BCUT2D eigenvalue weighted by Crippen LogP contribution is 2.35. The number of nitrogens with one attached hydrogen (secondary N) is 1. The van der Waals surface area contributed by atoms with Gasteiger partial charge in [-0.15, -0.1) is 0 Å². The van der Waals surface area contributed by atoms with Crippen molar-refractivity contribution >= 4 is 29.3 Å². The Labute approximate surface area is 244 Å². The third kappa shape index (κ3) is 5.83. The Balaban J connectivity index is 1.16. The van der Waals surface area contributed by atoms with E-state index in [1.807, 2.05) is 37.8 Å². The molecule has 11 nitrogen and oxygen atoms in total. The first kappa shape index (κ1) is 28.1. The molecular weight excluding hydrogens is 536 g/mol. The van der Waals surface area contributed by atoms with Gasteiger partial charge in [0.2, 0.25) is 5.91 Å². The van der Waals surface area contributed by atoms with Crippen molar-refractivity contribution in [1.82, 2.24) is 19.3 Å². The van der Waals surface area contributed by atoms with Gasteiger partial charge in [0.25, 0.3) is 5.56 Å². The Morgan fingerprint density at radius 2 is 1.98 bits per heavy atom. The fourth-order valence-electron chi connectivity index (χ4n) is 5.63. The van der Waals surface area contributed by atoms with Gasteiger partial charge in [-0.2, -0.15) is 0 Å². The number of piperidine rings is 1. The Kier molecular flexibility index (Phi) is 7.38. The van der Waals surface area contributed by atoms with Crippen LogP contribution in [0, 0.1) is 5.92 Å². The van der Waals surface area contributed by atoms with E-state index in [2.05, 4.69) is 15.2 Å². The second-order valence-corrected chi connectivity index (χ2v) is 12.7. The van der Waals surface area contributed by atoms with E-state index >= 15 is 0 Å². The smallest absolute Gasteiger partial charge is 0.410 e. The molecule has 0 radical (unpaired) electrons. The summed E-state index contributed by atoms with van der Waals surface area (Å²) in [6.07, 6.45) is 7.31. The van der Waals surface area contributed by atoms with Crippen molar-refractivity contribution in [2.45, 2.75) is 63.5 Å². The number of nitrogens with zero attached hydrogens (tertiary/aromatic N) is 5. The molecule has 3 aliphatic rings. The highest BCUT2D eigenvalue weighted by molar-refractivity contribution is 5.99. The summed E-state index contributed by atoms with van der Waals surface area (Å²) in [6.45, 7) is 8.37. The van der Waals surface area contributed by atoms with Gasteiger partial charge in [-0.3, -0.25) is 14.0 Å². The minimum Gasteiger partial charge on any atom is -0.444 e. The van der Waals surface area contributed by atoms with Gasteiger partial charge < -0.3 is 24.6 Å². The molecule has 1 aliphatic carbocycles. The molecule has 11 heteroatoms. The lowest BCUT2D eigenvalue weighted by atomic mass is 9.78. The molecule has 0 spiro atoms. The number of ether oxygens (including phenoxy) is 2. The molecule has 5 heterocycles. The zero-order valence-corrected chi connectivity index (χ0v) is 24.4. The second-order valence-electron chi connectivity index (χ2n) is 12.7. The van der Waals surface area contributed by atoms with E-state index in [1.165, 1.54) is 10.5 Å². The first-order chi connectivity index (χ1) is 20.1. The van der Waals surface area contributed by atoms with E-state index in [0.29, 0.717) is 18.1 Å². The molecule has 0 aromatic carbocycles. The summed E-state index contributed by atoms with van der Waals surface area (Å²) in [5.74, 6) is 1.27. The van der Waals surface area contributed by atoms with Crippen molar-refractivity contribution in [3.63, 3.8) is 0 Å². The first-order valence-corrected chi connectivity index (χ1v) is 14.7. The van der Waals surface area contributed by atoms with Crippen LogP contribution in [-0.2, 0) is 19.7 Å². The number of hydrogen-bond donors (Lipinski definition) is 1. The summed E-state index contributed by atoms with van der Waals surface area (Å²) in [4.78, 5) is 52.4. The van der Waals surface area contributed by atoms with E-state index in [9.17, 15) is 14.4 Å². The van der Waals surface area contributed by atoms with Gasteiger partial charge in [0.05, 0.1) is 19.3 Å². The van der Waals surface area contributed by atoms with E-state index in [-0.39, 0.29) is 42.6 Å². The topological polar surface area (TPSA) is 118 Å². The van der Waals surface area contributed by atoms with Crippen LogP contribution in [0.5, 0.6) is 0 Å². The van der Waals surface area contributed by atoms with Crippen LogP contribution in [-0.4, -0.2) is 75.8 Å². The number of pyridine rings is 2. The van der Waals surface area contributed by atoms with Crippen molar-refractivity contribution < 1.29 is 19.1 Å². The number of rotatable bonds is 7. The molecule has 1 N–H and O–H groups in total. The molecule has 1 atom stereocenters. The SMILES string of the molecule is CC(C)(C)OC(=O)N(CC1CC1)[C@@H]1CCCN(c2ccc(C3(C(=O)Nc4cc(=O)n5ccccc5n4)COC3)cn2)C1. The Hall–Kier alpha value is -3.99. The first-order valence-electron chi connectivity index (χ1n) is 14.7. The summed E-state index contributed by atoms with van der Waals surface area (Å²) in [5, 5.41) is 2.83. The van der Waals surface area contributed by atoms with Crippen molar-refractivity contribution in [2.24, 2.45) is 5.92 Å². The fourth-order valence-corrected chi connectivity index (χ4v) is 5.63. The van der Waals surface area contributed by atoms with Crippen LogP contribution in [0.3, 0.4) is 0 Å². The molecule has 3 aromatic heterocycles. The molecule has 2 saturated heterocycles. The molecule has 6 rings (SSSR count). The molecule has 0 bridgehead atoms. The quantitative estimate of drug-likeness (QED) is 0.455. The van der Waals surface area contributed by atoms with Gasteiger partial charge in [0, 0.05) is 38.1 Å². The number of anilines is 2. The number of hydrogen-bond acceptors (Lipinski definition) is 8. The van der Waals surface area contributed by atoms with E-state index in [4.69, 9.17) is 14.5 Å². The van der Waals surface area contributed by atoms with E-state index in [0.717, 1.165) is 50.2 Å². The number of fused-ring (bicyclic) bond motifs is 1. The minimum atomic E-state index is -0.919. The van der Waals surface area contributed by atoms with E-state index in [1.54, 1.807) is 30.6 Å². The molecular formula is C31H38N6O5. The lowest BCUT2D eigenvalue weighted by Crippen LogP contribution is -2.55. The normalized spacial score (nSPS) is 20.1. The van der Waals surface area contributed by atoms with Crippen LogP contribution in [0.25, 0.3) is 5.65 Å². The molecule has 3 aromatic rings. The van der Waals surface area contributed by atoms with Crippen molar-refractivity contribution in [2.75, 3.05) is 43.1 Å². The van der Waals surface area contributed by atoms with Crippen molar-refractivity contribution in [1.29, 1.82) is 0 Å². The molecule has 1 saturated carbocycles. The third-order valence-corrected chi connectivity index (χ3v) is 8.19. The molecule has 0 unspecified atom stereocenters. The molecule has 42 heavy (non-hydrogen) atoms. The highest BCUT2D eigenvalue weighted by atomic mass is 16.6. The largest absolute Gasteiger partial charge is 0.444 e. The number of aromatic nitrogens is 3. The summed E-state index contributed by atoms with van der Waals surface area (Å²) in [7, 11) is 0. The standard InChI is InChI=1S/C31H38N6O5/c1-30(2,3)42-29(40)37(17-21-9-10-21)23-7-6-13-35(18-23)25-12-11-22(16-32-25)31(19-41-20-31)28(39)34-24-15-27(38)36-14-5-4-8-26(36)33-24/h4-5,8,11-12,14-16,21,23H,6-7,9-10,13,17-20H2,1-3H3,(H,34,39)/t23-/m1/s1. The molecule has 2 amide bonds. The Bertz CT molecular complexity index is 1520. The third-order valence-electron chi connectivity index (χ3n) is 8.19. The Morgan fingerprint density at radius 3 is 2.64 bits per heavy atom. The van der Waals surface area contributed by atoms with Crippen LogP contribution in [0.1, 0.15) is 52.0 Å². The molecule has 2 aliphatic heterocycles. The van der Waals surface area contributed by atoms with Crippen LogP contribution in [0.2, 0.25) is 0 Å².